The Morgan fingerprint density at radius 2 is 2.44 bits per heavy atom. The smallest absolute Gasteiger partial charge is 0.0135 e. The highest BCUT2D eigenvalue weighted by atomic mass is 79.9. The molecule has 0 saturated heterocycles. The summed E-state index contributed by atoms with van der Waals surface area (Å²) in [7, 11) is 0. The van der Waals surface area contributed by atoms with Gasteiger partial charge in [0.2, 0.25) is 0 Å². The number of rotatable bonds is 1. The fraction of sp³-hybridized carbons (Fsp3) is 0.375. The average Bonchev–Trinajstić information content (AvgIpc) is 1.88. The Morgan fingerprint density at radius 1 is 1.67 bits per heavy atom. The fourth-order valence-corrected chi connectivity index (χ4v) is 1.35. The summed E-state index contributed by atoms with van der Waals surface area (Å²) in [5, 5.41) is 0. The van der Waals surface area contributed by atoms with Crippen molar-refractivity contribution in [2.45, 2.75) is 19.8 Å². The minimum absolute atomic E-state index is 1.08. The van der Waals surface area contributed by atoms with Crippen LogP contribution in [0.1, 0.15) is 19.8 Å². The van der Waals surface area contributed by atoms with Crippen LogP contribution in [0.5, 0.6) is 0 Å². The van der Waals surface area contributed by atoms with Crippen molar-refractivity contribution in [2.24, 2.45) is 0 Å². The molecular formula is C8H10Br. The lowest BCUT2D eigenvalue weighted by Gasteiger charge is -2.06. The van der Waals surface area contributed by atoms with Gasteiger partial charge in [0, 0.05) is 4.48 Å². The van der Waals surface area contributed by atoms with Gasteiger partial charge in [-0.3, -0.25) is 0 Å². The number of hydrogen-bond donors (Lipinski definition) is 0. The average molecular weight is 186 g/mol. The second-order valence-corrected chi connectivity index (χ2v) is 3.02. The molecule has 1 aliphatic carbocycles. The molecule has 0 heterocycles. The maximum absolute atomic E-state index is 3.43. The SMILES string of the molecule is CCC1=CC(Br)=CC[CH]1. The minimum Gasteiger partial charge on any atom is -0.0696 e. The van der Waals surface area contributed by atoms with E-state index in [4.69, 9.17) is 0 Å². The van der Waals surface area contributed by atoms with E-state index < -0.39 is 0 Å². The number of hydrogen-bond acceptors (Lipinski definition) is 0. The first-order valence-electron chi connectivity index (χ1n) is 3.22. The van der Waals surface area contributed by atoms with E-state index in [1.807, 2.05) is 0 Å². The van der Waals surface area contributed by atoms with Crippen LogP contribution in [-0.2, 0) is 0 Å². The first kappa shape index (κ1) is 7.07. The lowest BCUT2D eigenvalue weighted by molar-refractivity contribution is 1.05. The molecule has 1 heteroatoms. The summed E-state index contributed by atoms with van der Waals surface area (Å²) in [6.45, 7) is 2.17. The molecule has 1 radical (unpaired) electrons. The van der Waals surface area contributed by atoms with E-state index in [2.05, 4.69) is 41.4 Å². The van der Waals surface area contributed by atoms with Crippen LogP contribution in [0.15, 0.2) is 22.2 Å². The molecule has 1 aliphatic rings. The highest BCUT2D eigenvalue weighted by molar-refractivity contribution is 9.11. The molecule has 0 spiro atoms. The predicted molar refractivity (Wildman–Crippen MR) is 44.3 cm³/mol. The highest BCUT2D eigenvalue weighted by Gasteiger charge is 1.99. The normalized spacial score (nSPS) is 18.9. The molecular weight excluding hydrogens is 176 g/mol. The molecule has 0 fully saturated rings. The minimum atomic E-state index is 1.08. The summed E-state index contributed by atoms with van der Waals surface area (Å²) in [4.78, 5) is 0. The topological polar surface area (TPSA) is 0 Å². The Kier molecular flexibility index (Phi) is 2.52. The third-order valence-electron chi connectivity index (χ3n) is 1.42. The maximum Gasteiger partial charge on any atom is 0.0135 e. The zero-order valence-electron chi connectivity index (χ0n) is 5.52. The van der Waals surface area contributed by atoms with Gasteiger partial charge < -0.3 is 0 Å². The van der Waals surface area contributed by atoms with Crippen molar-refractivity contribution in [1.29, 1.82) is 0 Å². The van der Waals surface area contributed by atoms with Crippen LogP contribution in [-0.4, -0.2) is 0 Å². The van der Waals surface area contributed by atoms with E-state index in [0.717, 1.165) is 12.8 Å². The van der Waals surface area contributed by atoms with E-state index in [9.17, 15) is 0 Å². The van der Waals surface area contributed by atoms with Gasteiger partial charge in [-0.25, -0.2) is 0 Å². The largest absolute Gasteiger partial charge is 0.0696 e. The Balaban J connectivity index is 2.63. The third-order valence-corrected chi connectivity index (χ3v) is 1.98. The van der Waals surface area contributed by atoms with Crippen LogP contribution < -0.4 is 0 Å². The van der Waals surface area contributed by atoms with Crippen LogP contribution in [0.4, 0.5) is 0 Å². The molecule has 0 aromatic carbocycles. The van der Waals surface area contributed by atoms with E-state index in [1.54, 1.807) is 0 Å². The van der Waals surface area contributed by atoms with Crippen molar-refractivity contribution in [3.63, 3.8) is 0 Å². The van der Waals surface area contributed by atoms with E-state index in [0.29, 0.717) is 0 Å². The molecule has 0 N–H and O–H groups in total. The predicted octanol–water partition coefficient (Wildman–Crippen LogP) is 3.21. The maximum atomic E-state index is 3.43. The van der Waals surface area contributed by atoms with Crippen molar-refractivity contribution in [3.05, 3.63) is 28.6 Å². The fourth-order valence-electron chi connectivity index (χ4n) is 0.864. The Morgan fingerprint density at radius 3 is 2.89 bits per heavy atom. The van der Waals surface area contributed by atoms with Gasteiger partial charge in [0.15, 0.2) is 0 Å². The monoisotopic (exact) mass is 185 g/mol. The van der Waals surface area contributed by atoms with Gasteiger partial charge >= 0.3 is 0 Å². The molecule has 0 bridgehead atoms. The Hall–Kier alpha value is -0.0400. The van der Waals surface area contributed by atoms with Crippen LogP contribution in [0.2, 0.25) is 0 Å². The van der Waals surface area contributed by atoms with Crippen LogP contribution in [0, 0.1) is 6.42 Å². The summed E-state index contributed by atoms with van der Waals surface area (Å²) in [5.41, 5.74) is 1.43. The molecule has 9 heavy (non-hydrogen) atoms. The molecule has 0 aromatic rings. The molecule has 0 unspecified atom stereocenters. The van der Waals surface area contributed by atoms with Crippen LogP contribution in [0.25, 0.3) is 0 Å². The first-order chi connectivity index (χ1) is 4.33. The molecule has 1 rings (SSSR count). The molecule has 0 atom stereocenters. The van der Waals surface area contributed by atoms with E-state index in [1.165, 1.54) is 10.1 Å². The summed E-state index contributed by atoms with van der Waals surface area (Å²) < 4.78 is 1.22. The quantitative estimate of drug-likeness (QED) is 0.589. The summed E-state index contributed by atoms with van der Waals surface area (Å²) >= 11 is 3.43. The van der Waals surface area contributed by atoms with Gasteiger partial charge in [0.25, 0.3) is 0 Å². The first-order valence-corrected chi connectivity index (χ1v) is 4.01. The van der Waals surface area contributed by atoms with E-state index >= 15 is 0 Å². The Bertz CT molecular complexity index is 154. The van der Waals surface area contributed by atoms with Crippen molar-refractivity contribution >= 4 is 15.9 Å². The molecule has 49 valence electrons. The van der Waals surface area contributed by atoms with Gasteiger partial charge in [-0.2, -0.15) is 0 Å². The zero-order valence-corrected chi connectivity index (χ0v) is 7.11. The summed E-state index contributed by atoms with van der Waals surface area (Å²) in [6.07, 6.45) is 8.82. The van der Waals surface area contributed by atoms with Crippen molar-refractivity contribution in [3.8, 4) is 0 Å². The second-order valence-electron chi connectivity index (χ2n) is 2.10. The molecule has 0 amide bonds. The van der Waals surface area contributed by atoms with Gasteiger partial charge in [-0.05, 0) is 25.3 Å². The summed E-state index contributed by atoms with van der Waals surface area (Å²) in [5.74, 6) is 0. The highest BCUT2D eigenvalue weighted by Crippen LogP contribution is 2.21. The Labute approximate surface area is 64.8 Å². The van der Waals surface area contributed by atoms with Crippen molar-refractivity contribution in [2.75, 3.05) is 0 Å². The zero-order chi connectivity index (χ0) is 6.69. The van der Waals surface area contributed by atoms with Crippen LogP contribution >= 0.6 is 15.9 Å². The molecule has 0 nitrogen and oxygen atoms in total. The summed E-state index contributed by atoms with van der Waals surface area (Å²) in [6, 6.07) is 0. The van der Waals surface area contributed by atoms with Crippen molar-refractivity contribution in [1.82, 2.24) is 0 Å². The van der Waals surface area contributed by atoms with Gasteiger partial charge in [0.1, 0.15) is 0 Å². The van der Waals surface area contributed by atoms with Gasteiger partial charge in [-0.1, -0.05) is 34.5 Å². The molecule has 0 saturated carbocycles. The van der Waals surface area contributed by atoms with E-state index in [-0.39, 0.29) is 0 Å². The van der Waals surface area contributed by atoms with Crippen LogP contribution in [0.3, 0.4) is 0 Å². The standard InChI is InChI=1S/C8H10Br/c1-2-7-4-3-5-8(9)6-7/h4-6H,2-3H2,1H3. The number of allylic oxidation sites excluding steroid dienone is 4. The lowest BCUT2D eigenvalue weighted by atomic mass is 10.0. The molecule has 0 aromatic heterocycles. The number of halogens is 1. The van der Waals surface area contributed by atoms with Crippen molar-refractivity contribution < 1.29 is 0 Å². The second kappa shape index (κ2) is 3.21. The van der Waals surface area contributed by atoms with Gasteiger partial charge in [0.05, 0.1) is 0 Å². The van der Waals surface area contributed by atoms with Gasteiger partial charge in [-0.15, -0.1) is 0 Å². The molecule has 0 aliphatic heterocycles. The lowest BCUT2D eigenvalue weighted by Crippen LogP contribution is -1.87. The third kappa shape index (κ3) is 1.98.